The molecule has 0 spiro atoms. The van der Waals surface area contributed by atoms with Gasteiger partial charge in [0.25, 0.3) is 11.5 Å². The highest BCUT2D eigenvalue weighted by Crippen LogP contribution is 2.33. The maximum absolute atomic E-state index is 13.0. The van der Waals surface area contributed by atoms with Crippen LogP contribution in [0.4, 0.5) is 5.69 Å². The third kappa shape index (κ3) is 5.11. The monoisotopic (exact) mass is 478 g/mol. The topological polar surface area (TPSA) is 113 Å². The van der Waals surface area contributed by atoms with Crippen LogP contribution in [-0.2, 0) is 4.79 Å². The number of pyridine rings is 1. The summed E-state index contributed by atoms with van der Waals surface area (Å²) in [6.45, 7) is 1.79. The molecule has 1 heterocycles. The van der Waals surface area contributed by atoms with Crippen molar-refractivity contribution in [1.82, 2.24) is 9.88 Å². The van der Waals surface area contributed by atoms with Crippen molar-refractivity contribution in [1.29, 1.82) is 5.26 Å². The maximum Gasteiger partial charge on any atom is 0.252 e. The van der Waals surface area contributed by atoms with E-state index in [2.05, 4.69) is 16.7 Å². The molecule has 1 atom stereocenters. The van der Waals surface area contributed by atoms with E-state index in [1.54, 1.807) is 49.4 Å². The highest BCUT2D eigenvalue weighted by Gasteiger charge is 2.23. The summed E-state index contributed by atoms with van der Waals surface area (Å²) in [4.78, 5) is 37.8. The number of nitrogens with one attached hydrogen (secondary N) is 2. The predicted molar refractivity (Wildman–Crippen MR) is 130 cm³/mol. The van der Waals surface area contributed by atoms with Crippen molar-refractivity contribution < 1.29 is 14.3 Å². The van der Waals surface area contributed by atoms with Crippen LogP contribution in [0.1, 0.15) is 35.3 Å². The summed E-state index contributed by atoms with van der Waals surface area (Å²) in [5.41, 5.74) is 1.72. The molecule has 2 aromatic carbocycles. The number of anilines is 1. The molecular formula is C25H23ClN4O4. The fourth-order valence-electron chi connectivity index (χ4n) is 3.57. The number of carbonyl (C=O) groups excluding carboxylic acids is 2. The van der Waals surface area contributed by atoms with Crippen molar-refractivity contribution in [2.75, 3.05) is 19.5 Å². The molecule has 174 valence electrons. The molecule has 2 amide bonds. The van der Waals surface area contributed by atoms with E-state index in [9.17, 15) is 19.6 Å². The van der Waals surface area contributed by atoms with Gasteiger partial charge >= 0.3 is 0 Å². The first-order chi connectivity index (χ1) is 16.3. The Morgan fingerprint density at radius 2 is 1.85 bits per heavy atom. The van der Waals surface area contributed by atoms with Crippen LogP contribution < -0.4 is 20.9 Å². The lowest BCUT2D eigenvalue weighted by Crippen LogP contribution is -2.32. The molecule has 0 radical (unpaired) electrons. The lowest BCUT2D eigenvalue weighted by Gasteiger charge is -2.20. The number of benzene rings is 2. The number of nitrogens with zero attached hydrogens (tertiary/aromatic N) is 2. The van der Waals surface area contributed by atoms with Gasteiger partial charge in [0.2, 0.25) is 5.91 Å². The standard InChI is InChI=1S/C25H23ClN4O4/c1-4-21(25(33)29-18-9-6-15(7-10-18)24(32)28-2)30-14-22(34-3)20(12-23(30)31)19-11-17(26)8-5-16(19)13-27/h5-12,14,21H,4H2,1-3H3,(H,28,32)(H,29,33). The second-order valence-electron chi connectivity index (χ2n) is 7.37. The van der Waals surface area contributed by atoms with Gasteiger partial charge in [0.05, 0.1) is 24.9 Å². The third-order valence-corrected chi connectivity index (χ3v) is 5.56. The van der Waals surface area contributed by atoms with Gasteiger partial charge in [0.15, 0.2) is 0 Å². The Balaban J connectivity index is 1.96. The zero-order chi connectivity index (χ0) is 24.8. The van der Waals surface area contributed by atoms with Crippen LogP contribution in [0.2, 0.25) is 5.02 Å². The minimum Gasteiger partial charge on any atom is -0.495 e. The van der Waals surface area contributed by atoms with E-state index in [4.69, 9.17) is 16.3 Å². The second-order valence-corrected chi connectivity index (χ2v) is 7.81. The van der Waals surface area contributed by atoms with Gasteiger partial charge < -0.3 is 15.4 Å². The largest absolute Gasteiger partial charge is 0.495 e. The number of halogens is 1. The lowest BCUT2D eigenvalue weighted by molar-refractivity contribution is -0.119. The Bertz CT molecular complexity index is 1330. The molecule has 0 fully saturated rings. The number of methoxy groups -OCH3 is 1. The highest BCUT2D eigenvalue weighted by molar-refractivity contribution is 6.31. The van der Waals surface area contributed by atoms with Gasteiger partial charge in [-0.05, 0) is 48.9 Å². The van der Waals surface area contributed by atoms with Gasteiger partial charge in [-0.2, -0.15) is 5.26 Å². The molecule has 0 saturated carbocycles. The van der Waals surface area contributed by atoms with E-state index >= 15 is 0 Å². The first kappa shape index (κ1) is 24.6. The van der Waals surface area contributed by atoms with Gasteiger partial charge in [-0.25, -0.2) is 0 Å². The van der Waals surface area contributed by atoms with Crippen LogP contribution in [0.3, 0.4) is 0 Å². The number of amides is 2. The normalized spacial score (nSPS) is 11.3. The maximum atomic E-state index is 13.0. The van der Waals surface area contributed by atoms with Crippen LogP contribution in [0.15, 0.2) is 59.5 Å². The Morgan fingerprint density at radius 3 is 2.44 bits per heavy atom. The van der Waals surface area contributed by atoms with E-state index in [0.717, 1.165) is 0 Å². The number of aromatic nitrogens is 1. The first-order valence-corrected chi connectivity index (χ1v) is 10.8. The van der Waals surface area contributed by atoms with Crippen LogP contribution >= 0.6 is 11.6 Å². The van der Waals surface area contributed by atoms with Crippen molar-refractivity contribution in [3.05, 3.63) is 81.2 Å². The first-order valence-electron chi connectivity index (χ1n) is 10.5. The molecule has 0 bridgehead atoms. The van der Waals surface area contributed by atoms with Crippen molar-refractivity contribution in [3.63, 3.8) is 0 Å². The van der Waals surface area contributed by atoms with Crippen LogP contribution in [0, 0.1) is 11.3 Å². The van der Waals surface area contributed by atoms with Gasteiger partial charge in [0, 0.05) is 40.5 Å². The Hall–Kier alpha value is -4.09. The van der Waals surface area contributed by atoms with Crippen molar-refractivity contribution in [3.8, 4) is 22.9 Å². The molecule has 34 heavy (non-hydrogen) atoms. The van der Waals surface area contributed by atoms with Crippen molar-refractivity contribution in [2.24, 2.45) is 0 Å². The van der Waals surface area contributed by atoms with Gasteiger partial charge in [-0.15, -0.1) is 0 Å². The molecule has 1 aromatic heterocycles. The fraction of sp³-hybridized carbons (Fsp3) is 0.200. The van der Waals surface area contributed by atoms with E-state index < -0.39 is 17.5 Å². The highest BCUT2D eigenvalue weighted by atomic mass is 35.5. The fourth-order valence-corrected chi connectivity index (χ4v) is 3.74. The van der Waals surface area contributed by atoms with Gasteiger partial charge in [-0.1, -0.05) is 18.5 Å². The molecule has 3 rings (SSSR count). The van der Waals surface area contributed by atoms with E-state index in [1.807, 2.05) is 0 Å². The summed E-state index contributed by atoms with van der Waals surface area (Å²) in [6, 6.07) is 13.8. The van der Waals surface area contributed by atoms with Crippen LogP contribution in [0.25, 0.3) is 11.1 Å². The zero-order valence-corrected chi connectivity index (χ0v) is 19.6. The Kier molecular flexibility index (Phi) is 7.71. The summed E-state index contributed by atoms with van der Waals surface area (Å²) in [7, 11) is 2.98. The summed E-state index contributed by atoms with van der Waals surface area (Å²) < 4.78 is 6.79. The molecule has 0 aliphatic rings. The van der Waals surface area contributed by atoms with Crippen LogP contribution in [-0.4, -0.2) is 30.5 Å². The summed E-state index contributed by atoms with van der Waals surface area (Å²) in [5.74, 6) is -0.311. The van der Waals surface area contributed by atoms with Crippen molar-refractivity contribution in [2.45, 2.75) is 19.4 Å². The number of rotatable bonds is 7. The molecule has 3 aromatic rings. The number of ether oxygens (including phenoxy) is 1. The molecule has 1 unspecified atom stereocenters. The molecule has 8 nitrogen and oxygen atoms in total. The smallest absolute Gasteiger partial charge is 0.252 e. The van der Waals surface area contributed by atoms with Crippen molar-refractivity contribution >= 4 is 29.1 Å². The summed E-state index contributed by atoms with van der Waals surface area (Å²) >= 11 is 6.11. The zero-order valence-electron chi connectivity index (χ0n) is 18.9. The Labute approximate surface area is 201 Å². The third-order valence-electron chi connectivity index (χ3n) is 5.32. The van der Waals surface area contributed by atoms with E-state index in [0.29, 0.717) is 45.1 Å². The predicted octanol–water partition coefficient (Wildman–Crippen LogP) is 4.00. The molecule has 9 heteroatoms. The Morgan fingerprint density at radius 1 is 1.15 bits per heavy atom. The summed E-state index contributed by atoms with van der Waals surface area (Å²) in [5, 5.41) is 15.2. The number of carbonyl (C=O) groups is 2. The average Bonchev–Trinajstić information content (AvgIpc) is 2.85. The minimum atomic E-state index is -0.816. The molecule has 2 N–H and O–H groups in total. The molecule has 0 aliphatic carbocycles. The molecular weight excluding hydrogens is 456 g/mol. The minimum absolute atomic E-state index is 0.234. The van der Waals surface area contributed by atoms with Crippen LogP contribution in [0.5, 0.6) is 5.75 Å². The van der Waals surface area contributed by atoms with E-state index in [1.165, 1.54) is 31.0 Å². The number of hydrogen-bond acceptors (Lipinski definition) is 5. The lowest BCUT2D eigenvalue weighted by atomic mass is 10.00. The SMILES string of the molecule is CCC(C(=O)Nc1ccc(C(=O)NC)cc1)n1cc(OC)c(-c2cc(Cl)ccc2C#N)cc1=O. The summed E-state index contributed by atoms with van der Waals surface area (Å²) in [6.07, 6.45) is 1.80. The number of hydrogen-bond donors (Lipinski definition) is 2. The second kappa shape index (κ2) is 10.7. The molecule has 0 aliphatic heterocycles. The molecule has 0 saturated heterocycles. The number of nitriles is 1. The quantitative estimate of drug-likeness (QED) is 0.533. The van der Waals surface area contributed by atoms with E-state index in [-0.39, 0.29) is 5.91 Å². The van der Waals surface area contributed by atoms with Gasteiger partial charge in [-0.3, -0.25) is 19.0 Å². The van der Waals surface area contributed by atoms with Gasteiger partial charge in [0.1, 0.15) is 11.8 Å². The average molecular weight is 479 g/mol.